The van der Waals surface area contributed by atoms with Crippen molar-refractivity contribution in [2.75, 3.05) is 0 Å². The van der Waals surface area contributed by atoms with E-state index in [0.717, 1.165) is 24.7 Å². The van der Waals surface area contributed by atoms with Crippen LogP contribution >= 0.6 is 0 Å². The van der Waals surface area contributed by atoms with Crippen molar-refractivity contribution in [3.63, 3.8) is 0 Å². The predicted molar refractivity (Wildman–Crippen MR) is 67.9 cm³/mol. The molecule has 15 heavy (non-hydrogen) atoms. The van der Waals surface area contributed by atoms with Gasteiger partial charge in [-0.1, -0.05) is 48.0 Å². The molecule has 0 saturated heterocycles. The van der Waals surface area contributed by atoms with E-state index >= 15 is 0 Å². The second-order valence-corrected chi connectivity index (χ2v) is 5.82. The molecule has 0 amide bonds. The first-order valence-corrected chi connectivity index (χ1v) is 6.56. The molecule has 0 aromatic heterocycles. The van der Waals surface area contributed by atoms with Crippen LogP contribution < -0.4 is 0 Å². The SMILES string of the molecule is CCC(C)C(O)C(C)CC(C)CC(C)C. The fourth-order valence-electron chi connectivity index (χ4n) is 2.48. The van der Waals surface area contributed by atoms with Crippen molar-refractivity contribution >= 4 is 0 Å². The summed E-state index contributed by atoms with van der Waals surface area (Å²) >= 11 is 0. The van der Waals surface area contributed by atoms with Crippen LogP contribution in [0.2, 0.25) is 0 Å². The summed E-state index contributed by atoms with van der Waals surface area (Å²) in [4.78, 5) is 0. The van der Waals surface area contributed by atoms with Gasteiger partial charge in [0.05, 0.1) is 6.10 Å². The summed E-state index contributed by atoms with van der Waals surface area (Å²) in [5.74, 6) is 2.38. The van der Waals surface area contributed by atoms with Gasteiger partial charge in [0.1, 0.15) is 0 Å². The van der Waals surface area contributed by atoms with Crippen molar-refractivity contribution in [3.8, 4) is 0 Å². The van der Waals surface area contributed by atoms with Crippen molar-refractivity contribution in [2.24, 2.45) is 23.7 Å². The van der Waals surface area contributed by atoms with Crippen LogP contribution in [0.1, 0.15) is 60.8 Å². The Balaban J connectivity index is 3.95. The zero-order chi connectivity index (χ0) is 12.0. The maximum Gasteiger partial charge on any atom is 0.0591 e. The molecule has 0 aromatic carbocycles. The summed E-state index contributed by atoms with van der Waals surface area (Å²) in [6, 6.07) is 0. The normalized spacial score (nSPS) is 20.0. The molecule has 92 valence electrons. The molecule has 4 unspecified atom stereocenters. The second-order valence-electron chi connectivity index (χ2n) is 5.82. The number of aliphatic hydroxyl groups excluding tert-OH is 1. The molecule has 1 N–H and O–H groups in total. The van der Waals surface area contributed by atoms with Gasteiger partial charge in [0.2, 0.25) is 0 Å². The van der Waals surface area contributed by atoms with E-state index in [2.05, 4.69) is 41.5 Å². The largest absolute Gasteiger partial charge is 0.393 e. The van der Waals surface area contributed by atoms with E-state index in [0.29, 0.717) is 11.8 Å². The van der Waals surface area contributed by atoms with Crippen LogP contribution in [0.25, 0.3) is 0 Å². The zero-order valence-electron chi connectivity index (χ0n) is 11.5. The molecule has 0 bridgehead atoms. The number of hydrogen-bond acceptors (Lipinski definition) is 1. The molecule has 0 spiro atoms. The molecule has 0 aliphatic heterocycles. The van der Waals surface area contributed by atoms with Gasteiger partial charge in [0.15, 0.2) is 0 Å². The van der Waals surface area contributed by atoms with Gasteiger partial charge in [0.25, 0.3) is 0 Å². The number of hydrogen-bond donors (Lipinski definition) is 1. The standard InChI is InChI=1S/C14H30O/c1-7-12(5)14(15)13(6)9-11(4)8-10(2)3/h10-15H,7-9H2,1-6H3. The van der Waals surface area contributed by atoms with Gasteiger partial charge in [-0.15, -0.1) is 0 Å². The molecule has 0 fully saturated rings. The Morgan fingerprint density at radius 3 is 1.80 bits per heavy atom. The molecule has 0 saturated carbocycles. The quantitative estimate of drug-likeness (QED) is 0.676. The van der Waals surface area contributed by atoms with Gasteiger partial charge in [-0.2, -0.15) is 0 Å². The van der Waals surface area contributed by atoms with Crippen LogP contribution in [-0.2, 0) is 0 Å². The maximum atomic E-state index is 10.1. The molecule has 1 heteroatoms. The average molecular weight is 214 g/mol. The molecular formula is C14H30O. The molecule has 0 heterocycles. The van der Waals surface area contributed by atoms with E-state index in [1.807, 2.05) is 0 Å². The zero-order valence-corrected chi connectivity index (χ0v) is 11.5. The Kier molecular flexibility index (Phi) is 7.25. The molecule has 0 aliphatic carbocycles. The summed E-state index contributed by atoms with van der Waals surface area (Å²) in [5.41, 5.74) is 0. The fourth-order valence-corrected chi connectivity index (χ4v) is 2.48. The predicted octanol–water partition coefficient (Wildman–Crippen LogP) is 4.10. The van der Waals surface area contributed by atoms with E-state index in [-0.39, 0.29) is 6.10 Å². The van der Waals surface area contributed by atoms with Crippen molar-refractivity contribution in [3.05, 3.63) is 0 Å². The number of aliphatic hydroxyl groups is 1. The minimum Gasteiger partial charge on any atom is -0.393 e. The lowest BCUT2D eigenvalue weighted by Crippen LogP contribution is -2.26. The Morgan fingerprint density at radius 1 is 0.867 bits per heavy atom. The fraction of sp³-hybridized carbons (Fsp3) is 1.00. The first-order valence-electron chi connectivity index (χ1n) is 6.56. The highest BCUT2D eigenvalue weighted by Gasteiger charge is 2.21. The van der Waals surface area contributed by atoms with E-state index in [9.17, 15) is 5.11 Å². The molecule has 0 aliphatic rings. The Hall–Kier alpha value is -0.0400. The van der Waals surface area contributed by atoms with Crippen molar-refractivity contribution < 1.29 is 5.11 Å². The van der Waals surface area contributed by atoms with Crippen LogP contribution in [-0.4, -0.2) is 11.2 Å². The van der Waals surface area contributed by atoms with Crippen molar-refractivity contribution in [2.45, 2.75) is 66.9 Å². The van der Waals surface area contributed by atoms with Gasteiger partial charge >= 0.3 is 0 Å². The van der Waals surface area contributed by atoms with Crippen LogP contribution in [0.15, 0.2) is 0 Å². The van der Waals surface area contributed by atoms with Crippen LogP contribution in [0.5, 0.6) is 0 Å². The third-order valence-electron chi connectivity index (χ3n) is 3.46. The highest BCUT2D eigenvalue weighted by molar-refractivity contribution is 4.72. The summed E-state index contributed by atoms with van der Waals surface area (Å²) < 4.78 is 0. The maximum absolute atomic E-state index is 10.1. The van der Waals surface area contributed by atoms with Crippen LogP contribution in [0, 0.1) is 23.7 Å². The monoisotopic (exact) mass is 214 g/mol. The summed E-state index contributed by atoms with van der Waals surface area (Å²) in [6.07, 6.45) is 3.38. The topological polar surface area (TPSA) is 20.2 Å². The van der Waals surface area contributed by atoms with Crippen LogP contribution in [0.4, 0.5) is 0 Å². The summed E-state index contributed by atoms with van der Waals surface area (Å²) in [5, 5.41) is 10.1. The molecule has 0 rings (SSSR count). The highest BCUT2D eigenvalue weighted by atomic mass is 16.3. The van der Waals surface area contributed by atoms with Gasteiger partial charge in [-0.05, 0) is 36.5 Å². The Morgan fingerprint density at radius 2 is 1.40 bits per heavy atom. The van der Waals surface area contributed by atoms with E-state index in [1.54, 1.807) is 0 Å². The molecule has 0 radical (unpaired) electrons. The van der Waals surface area contributed by atoms with Gasteiger partial charge in [0, 0.05) is 0 Å². The average Bonchev–Trinajstić information content (AvgIpc) is 2.13. The lowest BCUT2D eigenvalue weighted by molar-refractivity contribution is 0.0518. The van der Waals surface area contributed by atoms with E-state index in [1.165, 1.54) is 6.42 Å². The van der Waals surface area contributed by atoms with Crippen LogP contribution in [0.3, 0.4) is 0 Å². The van der Waals surface area contributed by atoms with Crippen molar-refractivity contribution in [1.82, 2.24) is 0 Å². The third-order valence-corrected chi connectivity index (χ3v) is 3.46. The first-order chi connectivity index (χ1) is 6.88. The molecular weight excluding hydrogens is 184 g/mol. The van der Waals surface area contributed by atoms with Crippen molar-refractivity contribution in [1.29, 1.82) is 0 Å². The minimum absolute atomic E-state index is 0.121. The molecule has 4 atom stereocenters. The second kappa shape index (κ2) is 7.27. The molecule has 1 nitrogen and oxygen atoms in total. The minimum atomic E-state index is -0.121. The van der Waals surface area contributed by atoms with Gasteiger partial charge in [-0.25, -0.2) is 0 Å². The smallest absolute Gasteiger partial charge is 0.0591 e. The molecule has 0 aromatic rings. The number of rotatable bonds is 7. The lowest BCUT2D eigenvalue weighted by Gasteiger charge is -2.26. The Labute approximate surface area is 96.3 Å². The highest BCUT2D eigenvalue weighted by Crippen LogP contribution is 2.25. The van der Waals surface area contributed by atoms with Gasteiger partial charge in [-0.3, -0.25) is 0 Å². The first kappa shape index (κ1) is 15.0. The third kappa shape index (κ3) is 6.19. The lowest BCUT2D eigenvalue weighted by atomic mass is 9.83. The van der Waals surface area contributed by atoms with E-state index in [4.69, 9.17) is 0 Å². The summed E-state index contributed by atoms with van der Waals surface area (Å²) in [6.45, 7) is 13.3. The van der Waals surface area contributed by atoms with E-state index < -0.39 is 0 Å². The Bertz CT molecular complexity index is 153. The summed E-state index contributed by atoms with van der Waals surface area (Å²) in [7, 11) is 0. The van der Waals surface area contributed by atoms with Gasteiger partial charge < -0.3 is 5.11 Å².